The third-order valence-electron chi connectivity index (χ3n) is 1.65. The number of alkyl halides is 1. The molecule has 13 heavy (non-hydrogen) atoms. The van der Waals surface area contributed by atoms with Gasteiger partial charge in [0, 0.05) is 9.45 Å². The molecule has 0 unspecified atom stereocenters. The monoisotopic (exact) mass is 310 g/mol. The Kier molecular flexibility index (Phi) is 3.99. The SMILES string of the molecule is O=C(O)Cc1cc(I)ccc1CCl. The van der Waals surface area contributed by atoms with Gasteiger partial charge in [-0.15, -0.1) is 11.6 Å². The van der Waals surface area contributed by atoms with Gasteiger partial charge in [-0.3, -0.25) is 4.79 Å². The van der Waals surface area contributed by atoms with Crippen LogP contribution in [0.25, 0.3) is 0 Å². The third kappa shape index (κ3) is 3.15. The molecule has 0 atom stereocenters. The van der Waals surface area contributed by atoms with E-state index in [1.54, 1.807) is 0 Å². The van der Waals surface area contributed by atoms with Gasteiger partial charge < -0.3 is 5.11 Å². The summed E-state index contributed by atoms with van der Waals surface area (Å²) in [5.41, 5.74) is 1.69. The number of benzene rings is 1. The molecule has 0 amide bonds. The van der Waals surface area contributed by atoms with Crippen LogP contribution >= 0.6 is 34.2 Å². The molecule has 1 aromatic rings. The fourth-order valence-corrected chi connectivity index (χ4v) is 1.87. The topological polar surface area (TPSA) is 37.3 Å². The standard InChI is InChI=1S/C9H8ClIO2/c10-5-6-1-2-8(11)3-7(6)4-9(12)13/h1-3H,4-5H2,(H,12,13). The summed E-state index contributed by atoms with van der Waals surface area (Å²) in [5.74, 6) is -0.465. The quantitative estimate of drug-likeness (QED) is 0.688. The van der Waals surface area contributed by atoms with E-state index in [-0.39, 0.29) is 6.42 Å². The fourth-order valence-electron chi connectivity index (χ4n) is 1.05. The van der Waals surface area contributed by atoms with Gasteiger partial charge in [-0.2, -0.15) is 0 Å². The highest BCUT2D eigenvalue weighted by atomic mass is 127. The lowest BCUT2D eigenvalue weighted by atomic mass is 10.1. The van der Waals surface area contributed by atoms with E-state index in [4.69, 9.17) is 16.7 Å². The Labute approximate surface area is 95.0 Å². The maximum absolute atomic E-state index is 10.5. The zero-order chi connectivity index (χ0) is 9.84. The lowest BCUT2D eigenvalue weighted by Crippen LogP contribution is -2.03. The highest BCUT2D eigenvalue weighted by molar-refractivity contribution is 14.1. The van der Waals surface area contributed by atoms with Gasteiger partial charge in [-0.05, 0) is 45.9 Å². The van der Waals surface area contributed by atoms with Crippen LogP contribution in [0.5, 0.6) is 0 Å². The molecule has 0 aliphatic carbocycles. The van der Waals surface area contributed by atoms with Crippen molar-refractivity contribution >= 4 is 40.2 Å². The summed E-state index contributed by atoms with van der Waals surface area (Å²) in [4.78, 5) is 10.5. The Morgan fingerprint density at radius 1 is 1.46 bits per heavy atom. The van der Waals surface area contributed by atoms with Gasteiger partial charge in [0.15, 0.2) is 0 Å². The van der Waals surface area contributed by atoms with Gasteiger partial charge in [0.1, 0.15) is 0 Å². The average Bonchev–Trinajstić information content (AvgIpc) is 2.03. The lowest BCUT2D eigenvalue weighted by molar-refractivity contribution is -0.136. The summed E-state index contributed by atoms with van der Waals surface area (Å²) >= 11 is 7.82. The van der Waals surface area contributed by atoms with Gasteiger partial charge in [0.2, 0.25) is 0 Å². The Bertz CT molecular complexity index is 325. The number of halogens is 2. The minimum atomic E-state index is -0.826. The first-order valence-electron chi connectivity index (χ1n) is 3.68. The molecule has 4 heteroatoms. The maximum Gasteiger partial charge on any atom is 0.307 e. The molecule has 0 aromatic heterocycles. The van der Waals surface area contributed by atoms with Crippen molar-refractivity contribution in [3.63, 3.8) is 0 Å². The van der Waals surface area contributed by atoms with Gasteiger partial charge in [-0.1, -0.05) is 6.07 Å². The number of carboxylic acid groups (broad SMARTS) is 1. The summed E-state index contributed by atoms with van der Waals surface area (Å²) in [6.07, 6.45) is 0.0406. The van der Waals surface area contributed by atoms with Crippen molar-refractivity contribution in [3.05, 3.63) is 32.9 Å². The number of aliphatic carboxylic acids is 1. The number of hydrogen-bond acceptors (Lipinski definition) is 1. The molecule has 0 aliphatic heterocycles. The largest absolute Gasteiger partial charge is 0.481 e. The van der Waals surface area contributed by atoms with Gasteiger partial charge >= 0.3 is 5.97 Å². The third-order valence-corrected chi connectivity index (χ3v) is 2.61. The molecule has 0 saturated heterocycles. The van der Waals surface area contributed by atoms with Crippen LogP contribution < -0.4 is 0 Å². The van der Waals surface area contributed by atoms with Crippen molar-refractivity contribution in [2.45, 2.75) is 12.3 Å². The van der Waals surface area contributed by atoms with Crippen LogP contribution in [0.4, 0.5) is 0 Å². The first kappa shape index (κ1) is 10.8. The second-order valence-corrected chi connectivity index (χ2v) is 4.13. The van der Waals surface area contributed by atoms with Gasteiger partial charge in [0.05, 0.1) is 6.42 Å². The fraction of sp³-hybridized carbons (Fsp3) is 0.222. The van der Waals surface area contributed by atoms with E-state index < -0.39 is 5.97 Å². The number of carbonyl (C=O) groups is 1. The molecule has 0 heterocycles. The zero-order valence-corrected chi connectivity index (χ0v) is 9.67. The molecule has 0 radical (unpaired) electrons. The summed E-state index contributed by atoms with van der Waals surface area (Å²) < 4.78 is 1.03. The summed E-state index contributed by atoms with van der Waals surface area (Å²) in [6, 6.07) is 5.64. The molecule has 0 bridgehead atoms. The Morgan fingerprint density at radius 2 is 2.15 bits per heavy atom. The van der Waals surface area contributed by atoms with Crippen molar-refractivity contribution in [1.29, 1.82) is 0 Å². The Balaban J connectivity index is 3.01. The van der Waals surface area contributed by atoms with E-state index in [0.29, 0.717) is 5.88 Å². The smallest absolute Gasteiger partial charge is 0.307 e. The predicted molar refractivity (Wildman–Crippen MR) is 60.1 cm³/mol. The second-order valence-electron chi connectivity index (χ2n) is 2.62. The van der Waals surface area contributed by atoms with Crippen LogP contribution in [0.2, 0.25) is 0 Å². The van der Waals surface area contributed by atoms with E-state index in [1.807, 2.05) is 18.2 Å². The van der Waals surface area contributed by atoms with Crippen LogP contribution in [0, 0.1) is 3.57 Å². The number of hydrogen-bond donors (Lipinski definition) is 1. The number of rotatable bonds is 3. The summed E-state index contributed by atoms with van der Waals surface area (Å²) in [7, 11) is 0. The van der Waals surface area contributed by atoms with E-state index in [9.17, 15) is 4.79 Å². The van der Waals surface area contributed by atoms with Crippen LogP contribution in [0.1, 0.15) is 11.1 Å². The molecule has 2 nitrogen and oxygen atoms in total. The molecular weight excluding hydrogens is 302 g/mol. The number of carboxylic acids is 1. The Morgan fingerprint density at radius 3 is 2.69 bits per heavy atom. The van der Waals surface area contributed by atoms with Gasteiger partial charge in [-0.25, -0.2) is 0 Å². The molecule has 70 valence electrons. The maximum atomic E-state index is 10.5. The zero-order valence-electron chi connectivity index (χ0n) is 6.76. The normalized spacial score (nSPS) is 10.0. The highest BCUT2D eigenvalue weighted by Crippen LogP contribution is 2.16. The van der Waals surface area contributed by atoms with Crippen LogP contribution in [0.15, 0.2) is 18.2 Å². The Hall–Kier alpha value is -0.290. The van der Waals surface area contributed by atoms with Crippen molar-refractivity contribution in [1.82, 2.24) is 0 Å². The molecule has 0 fully saturated rings. The molecule has 1 aromatic carbocycles. The molecule has 0 saturated carbocycles. The van der Waals surface area contributed by atoms with Crippen molar-refractivity contribution in [3.8, 4) is 0 Å². The van der Waals surface area contributed by atoms with E-state index in [1.165, 1.54) is 0 Å². The molecule has 0 spiro atoms. The van der Waals surface area contributed by atoms with E-state index in [0.717, 1.165) is 14.7 Å². The van der Waals surface area contributed by atoms with Crippen molar-refractivity contribution in [2.24, 2.45) is 0 Å². The predicted octanol–water partition coefficient (Wildman–Crippen LogP) is 2.66. The lowest BCUT2D eigenvalue weighted by Gasteiger charge is -2.04. The first-order chi connectivity index (χ1) is 6.13. The van der Waals surface area contributed by atoms with Crippen LogP contribution in [-0.4, -0.2) is 11.1 Å². The molecule has 0 aliphatic rings. The molecule has 1 N–H and O–H groups in total. The van der Waals surface area contributed by atoms with E-state index in [2.05, 4.69) is 22.6 Å². The molecular formula is C9H8ClIO2. The van der Waals surface area contributed by atoms with Gasteiger partial charge in [0.25, 0.3) is 0 Å². The van der Waals surface area contributed by atoms with E-state index >= 15 is 0 Å². The first-order valence-corrected chi connectivity index (χ1v) is 5.30. The summed E-state index contributed by atoms with van der Waals surface area (Å²) in [6.45, 7) is 0. The summed E-state index contributed by atoms with van der Waals surface area (Å²) in [5, 5.41) is 8.63. The minimum absolute atomic E-state index is 0.0406. The average molecular weight is 311 g/mol. The molecule has 1 rings (SSSR count). The van der Waals surface area contributed by atoms with Crippen molar-refractivity contribution in [2.75, 3.05) is 0 Å². The van der Waals surface area contributed by atoms with Crippen LogP contribution in [0.3, 0.4) is 0 Å². The second kappa shape index (κ2) is 4.81. The van der Waals surface area contributed by atoms with Crippen molar-refractivity contribution < 1.29 is 9.90 Å². The minimum Gasteiger partial charge on any atom is -0.481 e. The highest BCUT2D eigenvalue weighted by Gasteiger charge is 2.06. The van der Waals surface area contributed by atoms with Crippen LogP contribution in [-0.2, 0) is 17.1 Å².